The molecule has 1 amide bonds. The van der Waals surface area contributed by atoms with Gasteiger partial charge in [0.15, 0.2) is 0 Å². The number of benzene rings is 1. The van der Waals surface area contributed by atoms with Gasteiger partial charge >= 0.3 is 0 Å². The van der Waals surface area contributed by atoms with Crippen LogP contribution in [0.4, 0.5) is 5.69 Å². The zero-order chi connectivity index (χ0) is 13.5. The number of carbonyl (C=O) groups excluding carboxylic acids is 2. The Balaban J connectivity index is 2.54. The molecule has 1 aromatic rings. The first kappa shape index (κ1) is 14.4. The summed E-state index contributed by atoms with van der Waals surface area (Å²) in [5.41, 5.74) is 1.02. The van der Waals surface area contributed by atoms with E-state index in [0.717, 1.165) is 0 Å². The molecule has 0 fully saturated rings. The summed E-state index contributed by atoms with van der Waals surface area (Å²) in [7, 11) is 3.84. The Labute approximate surface area is 111 Å². The van der Waals surface area contributed by atoms with Crippen LogP contribution in [0.2, 0.25) is 0 Å². The lowest BCUT2D eigenvalue weighted by molar-refractivity contribution is -0.111. The molecule has 0 bridgehead atoms. The second-order valence-electron chi connectivity index (χ2n) is 4.00. The standard InChI is InChI=1S/C13H15ClN2O2/c1-16(2)9-3-4-12(17)15-11-7-5-10(6-8-11)13(14)18/h3-8H,9H2,1-2H3,(H,15,17). The van der Waals surface area contributed by atoms with Gasteiger partial charge in [0.25, 0.3) is 5.24 Å². The van der Waals surface area contributed by atoms with Gasteiger partial charge < -0.3 is 10.2 Å². The molecule has 1 N–H and O–H groups in total. The van der Waals surface area contributed by atoms with Crippen molar-refractivity contribution in [1.82, 2.24) is 4.90 Å². The Morgan fingerprint density at radius 1 is 1.28 bits per heavy atom. The van der Waals surface area contributed by atoms with Gasteiger partial charge in [0.1, 0.15) is 0 Å². The average molecular weight is 267 g/mol. The molecule has 0 unspecified atom stereocenters. The number of carbonyl (C=O) groups is 2. The fourth-order valence-corrected chi connectivity index (χ4v) is 1.37. The number of hydrogen-bond acceptors (Lipinski definition) is 3. The maximum absolute atomic E-state index is 11.5. The van der Waals surface area contributed by atoms with Gasteiger partial charge in [-0.25, -0.2) is 0 Å². The molecule has 0 radical (unpaired) electrons. The van der Waals surface area contributed by atoms with Crippen molar-refractivity contribution < 1.29 is 9.59 Å². The number of hydrogen-bond donors (Lipinski definition) is 1. The van der Waals surface area contributed by atoms with E-state index in [2.05, 4.69) is 5.32 Å². The fourth-order valence-electron chi connectivity index (χ4n) is 1.24. The molecule has 0 atom stereocenters. The number of rotatable bonds is 5. The van der Waals surface area contributed by atoms with Crippen molar-refractivity contribution in [2.45, 2.75) is 0 Å². The molecule has 18 heavy (non-hydrogen) atoms. The number of halogens is 1. The highest BCUT2D eigenvalue weighted by molar-refractivity contribution is 6.67. The molecule has 96 valence electrons. The molecular formula is C13H15ClN2O2. The third kappa shape index (κ3) is 5.12. The zero-order valence-corrected chi connectivity index (χ0v) is 11.1. The maximum atomic E-state index is 11.5. The van der Waals surface area contributed by atoms with Crippen molar-refractivity contribution >= 4 is 28.4 Å². The van der Waals surface area contributed by atoms with E-state index in [-0.39, 0.29) is 5.91 Å². The van der Waals surface area contributed by atoms with E-state index in [1.165, 1.54) is 6.08 Å². The van der Waals surface area contributed by atoms with E-state index < -0.39 is 5.24 Å². The number of nitrogens with zero attached hydrogens (tertiary/aromatic N) is 1. The minimum absolute atomic E-state index is 0.207. The number of likely N-dealkylation sites (N-methyl/N-ethyl adjacent to an activating group) is 1. The summed E-state index contributed by atoms with van der Waals surface area (Å²) in [5, 5.41) is 2.17. The summed E-state index contributed by atoms with van der Waals surface area (Å²) in [6.45, 7) is 0.701. The second-order valence-corrected chi connectivity index (χ2v) is 4.35. The van der Waals surface area contributed by atoms with E-state index in [1.807, 2.05) is 19.0 Å². The quantitative estimate of drug-likeness (QED) is 0.656. The van der Waals surface area contributed by atoms with Crippen LogP contribution >= 0.6 is 11.6 Å². The number of anilines is 1. The number of amides is 1. The van der Waals surface area contributed by atoms with Crippen molar-refractivity contribution in [1.29, 1.82) is 0 Å². The van der Waals surface area contributed by atoms with Gasteiger partial charge in [-0.05, 0) is 50.0 Å². The van der Waals surface area contributed by atoms with Crippen LogP contribution in [0.5, 0.6) is 0 Å². The maximum Gasteiger partial charge on any atom is 0.252 e. The highest BCUT2D eigenvalue weighted by atomic mass is 35.5. The molecule has 0 aliphatic carbocycles. The molecule has 0 spiro atoms. The minimum atomic E-state index is -0.515. The first-order valence-corrected chi connectivity index (χ1v) is 5.79. The lowest BCUT2D eigenvalue weighted by atomic mass is 10.2. The largest absolute Gasteiger partial charge is 0.323 e. The van der Waals surface area contributed by atoms with Crippen molar-refractivity contribution in [2.75, 3.05) is 26.0 Å². The van der Waals surface area contributed by atoms with Crippen LogP contribution in [-0.4, -0.2) is 36.7 Å². The smallest absolute Gasteiger partial charge is 0.252 e. The topological polar surface area (TPSA) is 49.4 Å². The van der Waals surface area contributed by atoms with Crippen LogP contribution in [0, 0.1) is 0 Å². The second kappa shape index (κ2) is 6.93. The lowest BCUT2D eigenvalue weighted by Gasteiger charge is -2.04. The third-order valence-electron chi connectivity index (χ3n) is 2.12. The average Bonchev–Trinajstić information content (AvgIpc) is 2.29. The monoisotopic (exact) mass is 266 g/mol. The van der Waals surface area contributed by atoms with Gasteiger partial charge in [-0.15, -0.1) is 0 Å². The van der Waals surface area contributed by atoms with Gasteiger partial charge in [-0.1, -0.05) is 6.08 Å². The van der Waals surface area contributed by atoms with Gasteiger partial charge in [-0.2, -0.15) is 0 Å². The van der Waals surface area contributed by atoms with Gasteiger partial charge in [0, 0.05) is 23.9 Å². The number of nitrogens with one attached hydrogen (secondary N) is 1. The van der Waals surface area contributed by atoms with E-state index in [4.69, 9.17) is 11.6 Å². The Bertz CT molecular complexity index is 453. The van der Waals surface area contributed by atoms with Crippen molar-refractivity contribution in [3.05, 3.63) is 42.0 Å². The molecule has 4 nitrogen and oxygen atoms in total. The molecule has 0 saturated carbocycles. The highest BCUT2D eigenvalue weighted by Crippen LogP contribution is 2.11. The molecule has 1 aromatic carbocycles. The summed E-state index contributed by atoms with van der Waals surface area (Å²) in [4.78, 5) is 24.3. The van der Waals surface area contributed by atoms with Crippen LogP contribution in [0.25, 0.3) is 0 Å². The van der Waals surface area contributed by atoms with E-state index in [0.29, 0.717) is 17.8 Å². The molecule has 1 rings (SSSR count). The first-order chi connectivity index (χ1) is 8.49. The normalized spacial score (nSPS) is 10.9. The predicted octanol–water partition coefficient (Wildman–Crippen LogP) is 2.12. The van der Waals surface area contributed by atoms with E-state index in [1.54, 1.807) is 30.3 Å². The van der Waals surface area contributed by atoms with Crippen LogP contribution < -0.4 is 5.32 Å². The summed E-state index contributed by atoms with van der Waals surface area (Å²) < 4.78 is 0. The third-order valence-corrected chi connectivity index (χ3v) is 2.34. The van der Waals surface area contributed by atoms with E-state index >= 15 is 0 Å². The zero-order valence-electron chi connectivity index (χ0n) is 10.3. The van der Waals surface area contributed by atoms with Gasteiger partial charge in [-0.3, -0.25) is 9.59 Å². The lowest BCUT2D eigenvalue weighted by Crippen LogP contribution is -2.12. The van der Waals surface area contributed by atoms with Crippen LogP contribution in [-0.2, 0) is 4.79 Å². The Morgan fingerprint density at radius 2 is 1.89 bits per heavy atom. The van der Waals surface area contributed by atoms with Crippen LogP contribution in [0.15, 0.2) is 36.4 Å². The molecule has 0 aliphatic rings. The molecular weight excluding hydrogens is 252 g/mol. The van der Waals surface area contributed by atoms with Crippen LogP contribution in [0.3, 0.4) is 0 Å². The highest BCUT2D eigenvalue weighted by Gasteiger charge is 2.02. The summed E-state index contributed by atoms with van der Waals surface area (Å²) in [6, 6.07) is 6.39. The van der Waals surface area contributed by atoms with E-state index in [9.17, 15) is 9.59 Å². The molecule has 0 aliphatic heterocycles. The van der Waals surface area contributed by atoms with Crippen molar-refractivity contribution in [3.8, 4) is 0 Å². The van der Waals surface area contributed by atoms with Crippen molar-refractivity contribution in [2.24, 2.45) is 0 Å². The molecule has 0 saturated heterocycles. The van der Waals surface area contributed by atoms with Crippen LogP contribution in [0.1, 0.15) is 10.4 Å². The molecule has 0 heterocycles. The summed E-state index contributed by atoms with van der Waals surface area (Å²) in [5.74, 6) is -0.207. The first-order valence-electron chi connectivity index (χ1n) is 5.41. The SMILES string of the molecule is CN(C)CC=CC(=O)Nc1ccc(C(=O)Cl)cc1. The summed E-state index contributed by atoms with van der Waals surface area (Å²) in [6.07, 6.45) is 3.24. The summed E-state index contributed by atoms with van der Waals surface area (Å²) >= 11 is 5.32. The minimum Gasteiger partial charge on any atom is -0.323 e. The molecule has 5 heteroatoms. The Morgan fingerprint density at radius 3 is 2.39 bits per heavy atom. The molecule has 0 aromatic heterocycles. The fraction of sp³-hybridized carbons (Fsp3) is 0.231. The Kier molecular flexibility index (Phi) is 5.55. The van der Waals surface area contributed by atoms with Crippen molar-refractivity contribution in [3.63, 3.8) is 0 Å². The Hall–Kier alpha value is -1.65. The predicted molar refractivity (Wildman–Crippen MR) is 72.9 cm³/mol. The van der Waals surface area contributed by atoms with Gasteiger partial charge in [0.2, 0.25) is 5.91 Å². The van der Waals surface area contributed by atoms with Gasteiger partial charge in [0.05, 0.1) is 0 Å².